The summed E-state index contributed by atoms with van der Waals surface area (Å²) in [4.78, 5) is 25.3. The molecule has 168 valence electrons. The number of nitrogens with one attached hydrogen (secondary N) is 1. The van der Waals surface area contributed by atoms with Crippen molar-refractivity contribution < 1.29 is 28.2 Å². The molecule has 0 radical (unpaired) electrons. The van der Waals surface area contributed by atoms with Crippen molar-refractivity contribution in [3.63, 3.8) is 0 Å². The summed E-state index contributed by atoms with van der Waals surface area (Å²) in [7, 11) is 2.95. The highest BCUT2D eigenvalue weighted by molar-refractivity contribution is 6.31. The number of methoxy groups -OCH3 is 2. The Bertz CT molecular complexity index is 1180. The fraction of sp³-hybridized carbons (Fsp3) is 0.120. The van der Waals surface area contributed by atoms with Gasteiger partial charge < -0.3 is 14.2 Å². The lowest BCUT2D eigenvalue weighted by atomic mass is 10.1. The number of hydrogen-bond acceptors (Lipinski definition) is 5. The predicted molar refractivity (Wildman–Crippen MR) is 120 cm³/mol. The molecule has 1 aliphatic heterocycles. The molecule has 0 aromatic heterocycles. The second-order valence-corrected chi connectivity index (χ2v) is 7.14. The van der Waals surface area contributed by atoms with Gasteiger partial charge in [0.1, 0.15) is 18.0 Å². The Morgan fingerprint density at radius 2 is 1.58 bits per heavy atom. The van der Waals surface area contributed by atoms with Crippen LogP contribution in [0, 0.1) is 5.82 Å². The number of para-hydroxylation sites is 1. The smallest absolute Gasteiger partial charge is 0.282 e. The minimum atomic E-state index is -0.515. The molecule has 0 saturated carbocycles. The zero-order chi connectivity index (χ0) is 23.4. The van der Waals surface area contributed by atoms with Gasteiger partial charge in [-0.3, -0.25) is 15.0 Å². The fourth-order valence-electron chi connectivity index (χ4n) is 3.34. The van der Waals surface area contributed by atoms with Crippen LogP contribution in [0.5, 0.6) is 17.2 Å². The minimum Gasteiger partial charge on any atom is -0.493 e. The van der Waals surface area contributed by atoms with Gasteiger partial charge in [0.05, 0.1) is 19.9 Å². The molecule has 8 heteroatoms. The molecule has 0 aliphatic carbocycles. The number of benzene rings is 3. The second-order valence-electron chi connectivity index (χ2n) is 7.14. The third-order valence-electron chi connectivity index (χ3n) is 5.00. The van der Waals surface area contributed by atoms with Gasteiger partial charge >= 0.3 is 0 Å². The average molecular weight is 448 g/mol. The summed E-state index contributed by atoms with van der Waals surface area (Å²) in [5.41, 5.74) is 4.38. The first-order valence-corrected chi connectivity index (χ1v) is 10.1. The molecule has 33 heavy (non-hydrogen) atoms. The number of anilines is 1. The van der Waals surface area contributed by atoms with Crippen LogP contribution in [-0.4, -0.2) is 26.0 Å². The maximum Gasteiger partial charge on any atom is 0.282 e. The van der Waals surface area contributed by atoms with Crippen LogP contribution < -0.4 is 24.6 Å². The number of halogens is 1. The summed E-state index contributed by atoms with van der Waals surface area (Å²) >= 11 is 0. The van der Waals surface area contributed by atoms with E-state index in [1.54, 1.807) is 48.5 Å². The predicted octanol–water partition coefficient (Wildman–Crippen LogP) is 3.88. The van der Waals surface area contributed by atoms with Crippen LogP contribution in [0.3, 0.4) is 0 Å². The van der Waals surface area contributed by atoms with Crippen molar-refractivity contribution in [3.8, 4) is 17.2 Å². The number of ether oxygens (including phenoxy) is 3. The van der Waals surface area contributed by atoms with Crippen molar-refractivity contribution in [2.75, 3.05) is 19.2 Å². The van der Waals surface area contributed by atoms with E-state index in [4.69, 9.17) is 14.2 Å². The normalized spacial score (nSPS) is 14.4. The summed E-state index contributed by atoms with van der Waals surface area (Å²) in [6.07, 6.45) is 1.47. The molecule has 0 unspecified atom stereocenters. The maximum absolute atomic E-state index is 13.1. The molecule has 1 heterocycles. The van der Waals surface area contributed by atoms with Crippen molar-refractivity contribution in [2.45, 2.75) is 6.61 Å². The molecular formula is C25H21FN2O5. The van der Waals surface area contributed by atoms with Crippen LogP contribution in [0.1, 0.15) is 11.1 Å². The van der Waals surface area contributed by atoms with E-state index >= 15 is 0 Å². The number of nitrogens with zero attached hydrogens (tertiary/aromatic N) is 1. The molecule has 1 N–H and O–H groups in total. The maximum atomic E-state index is 13.1. The van der Waals surface area contributed by atoms with Crippen LogP contribution >= 0.6 is 0 Å². The lowest BCUT2D eigenvalue weighted by Gasteiger charge is -2.15. The van der Waals surface area contributed by atoms with E-state index in [1.165, 1.54) is 37.4 Å². The fourth-order valence-corrected chi connectivity index (χ4v) is 3.34. The first kappa shape index (κ1) is 21.9. The van der Waals surface area contributed by atoms with Crippen LogP contribution in [0.25, 0.3) is 6.08 Å². The van der Waals surface area contributed by atoms with E-state index in [9.17, 15) is 14.0 Å². The molecule has 1 saturated heterocycles. The Morgan fingerprint density at radius 3 is 2.18 bits per heavy atom. The van der Waals surface area contributed by atoms with E-state index < -0.39 is 11.8 Å². The third-order valence-corrected chi connectivity index (χ3v) is 5.00. The van der Waals surface area contributed by atoms with Gasteiger partial charge in [-0.25, -0.2) is 9.40 Å². The molecule has 7 nitrogen and oxygen atoms in total. The highest BCUT2D eigenvalue weighted by Crippen LogP contribution is 2.40. The molecular weight excluding hydrogens is 427 g/mol. The van der Waals surface area contributed by atoms with Crippen molar-refractivity contribution in [1.82, 2.24) is 5.43 Å². The first-order chi connectivity index (χ1) is 16.0. The van der Waals surface area contributed by atoms with Crippen molar-refractivity contribution >= 4 is 23.6 Å². The number of carbonyl (C=O) groups is 2. The van der Waals surface area contributed by atoms with Gasteiger partial charge in [-0.1, -0.05) is 30.3 Å². The van der Waals surface area contributed by atoms with Gasteiger partial charge in [0, 0.05) is 0 Å². The number of carbonyl (C=O) groups excluding carboxylic acids is 2. The Hall–Kier alpha value is -4.33. The van der Waals surface area contributed by atoms with Gasteiger partial charge in [-0.2, -0.15) is 0 Å². The highest BCUT2D eigenvalue weighted by Gasteiger charge is 2.34. The summed E-state index contributed by atoms with van der Waals surface area (Å²) in [6.45, 7) is 0.167. The molecule has 0 atom stereocenters. The lowest BCUT2D eigenvalue weighted by Crippen LogP contribution is -2.35. The summed E-state index contributed by atoms with van der Waals surface area (Å²) in [5.74, 6) is -0.260. The topological polar surface area (TPSA) is 77.1 Å². The molecule has 2 amide bonds. The number of rotatable bonds is 7. The molecule has 1 aliphatic rings. The SMILES string of the molecule is COc1cc(C=C2C(=O)NN(c3ccccc3)C2=O)cc(OC)c1OCc1ccc(F)cc1. The Morgan fingerprint density at radius 1 is 0.939 bits per heavy atom. The number of hydrazine groups is 1. The van der Waals surface area contributed by atoms with E-state index in [2.05, 4.69) is 5.43 Å². The molecule has 3 aromatic carbocycles. The first-order valence-electron chi connectivity index (χ1n) is 10.1. The molecule has 0 bridgehead atoms. The number of amides is 2. The second kappa shape index (κ2) is 9.44. The quantitative estimate of drug-likeness (QED) is 0.439. The monoisotopic (exact) mass is 448 g/mol. The molecule has 3 aromatic rings. The van der Waals surface area contributed by atoms with Crippen LogP contribution in [0.2, 0.25) is 0 Å². The zero-order valence-electron chi connectivity index (χ0n) is 18.0. The summed E-state index contributed by atoms with van der Waals surface area (Å²) in [6, 6.07) is 18.0. The van der Waals surface area contributed by atoms with E-state index in [0.29, 0.717) is 28.5 Å². The summed E-state index contributed by atoms with van der Waals surface area (Å²) < 4.78 is 29.9. The lowest BCUT2D eigenvalue weighted by molar-refractivity contribution is -0.117. The van der Waals surface area contributed by atoms with Crippen molar-refractivity contribution in [2.24, 2.45) is 0 Å². The Labute approximate surface area is 190 Å². The van der Waals surface area contributed by atoms with Crippen LogP contribution in [-0.2, 0) is 16.2 Å². The standard InChI is InChI=1S/C25H21FN2O5/c1-31-21-13-17(12-20-24(29)27-28(25(20)30)19-6-4-3-5-7-19)14-22(32-2)23(21)33-15-16-8-10-18(26)11-9-16/h3-14H,15H2,1-2H3,(H,27,29). The van der Waals surface area contributed by atoms with Gasteiger partial charge in [0.2, 0.25) is 5.75 Å². The highest BCUT2D eigenvalue weighted by atomic mass is 19.1. The number of hydrogen-bond donors (Lipinski definition) is 1. The Balaban J connectivity index is 1.62. The molecule has 4 rings (SSSR count). The zero-order valence-corrected chi connectivity index (χ0v) is 18.0. The van der Waals surface area contributed by atoms with Crippen LogP contribution in [0.4, 0.5) is 10.1 Å². The van der Waals surface area contributed by atoms with Crippen LogP contribution in [0.15, 0.2) is 72.3 Å². The van der Waals surface area contributed by atoms with Crippen molar-refractivity contribution in [3.05, 3.63) is 89.2 Å². The van der Waals surface area contributed by atoms with Gasteiger partial charge in [0.15, 0.2) is 11.5 Å². The van der Waals surface area contributed by atoms with Crippen molar-refractivity contribution in [1.29, 1.82) is 0 Å². The van der Waals surface area contributed by atoms with Gasteiger partial charge in [-0.15, -0.1) is 0 Å². The Kier molecular flexibility index (Phi) is 6.26. The minimum absolute atomic E-state index is 0.0251. The van der Waals surface area contributed by atoms with E-state index in [-0.39, 0.29) is 18.0 Å². The van der Waals surface area contributed by atoms with E-state index in [1.807, 2.05) is 6.07 Å². The largest absolute Gasteiger partial charge is 0.493 e. The van der Waals surface area contributed by atoms with Gasteiger partial charge in [0.25, 0.3) is 11.8 Å². The average Bonchev–Trinajstić information content (AvgIpc) is 3.12. The third kappa shape index (κ3) is 4.64. The van der Waals surface area contributed by atoms with Gasteiger partial charge in [-0.05, 0) is 53.6 Å². The molecule has 0 spiro atoms. The molecule has 1 fully saturated rings. The van der Waals surface area contributed by atoms with E-state index in [0.717, 1.165) is 5.56 Å². The summed E-state index contributed by atoms with van der Waals surface area (Å²) in [5, 5.41) is 1.20.